The monoisotopic (exact) mass is 233 g/mol. The lowest BCUT2D eigenvalue weighted by Gasteiger charge is -2.09. The summed E-state index contributed by atoms with van der Waals surface area (Å²) in [5.74, 6) is 0.700. The van der Waals surface area contributed by atoms with Crippen molar-refractivity contribution in [3.63, 3.8) is 0 Å². The fourth-order valence-corrected chi connectivity index (χ4v) is 2.13. The van der Waals surface area contributed by atoms with Crippen molar-refractivity contribution in [1.82, 2.24) is 10.3 Å². The van der Waals surface area contributed by atoms with Gasteiger partial charge in [-0.1, -0.05) is 6.07 Å². The molecule has 1 aliphatic heterocycles. The lowest BCUT2D eigenvalue weighted by molar-refractivity contribution is -0.116. The number of rotatable bonds is 4. The minimum absolute atomic E-state index is 0.0526. The van der Waals surface area contributed by atoms with Gasteiger partial charge in [-0.05, 0) is 44.9 Å². The van der Waals surface area contributed by atoms with Gasteiger partial charge in [-0.25, -0.2) is 4.98 Å². The predicted molar refractivity (Wildman–Crippen MR) is 67.9 cm³/mol. The Morgan fingerprint density at radius 3 is 3.18 bits per heavy atom. The van der Waals surface area contributed by atoms with Crippen LogP contribution in [0.5, 0.6) is 0 Å². The normalized spacial score (nSPS) is 19.2. The van der Waals surface area contributed by atoms with Crippen LogP contribution in [-0.4, -0.2) is 23.5 Å². The van der Waals surface area contributed by atoms with E-state index in [0.717, 1.165) is 18.7 Å². The second-order valence-corrected chi connectivity index (χ2v) is 4.54. The van der Waals surface area contributed by atoms with Crippen molar-refractivity contribution in [2.45, 2.75) is 38.6 Å². The zero-order valence-electron chi connectivity index (χ0n) is 10.2. The van der Waals surface area contributed by atoms with Crippen LogP contribution in [0.3, 0.4) is 0 Å². The van der Waals surface area contributed by atoms with Crippen molar-refractivity contribution in [2.24, 2.45) is 0 Å². The fourth-order valence-electron chi connectivity index (χ4n) is 2.13. The number of carbonyl (C=O) groups is 1. The number of hydrogen-bond donors (Lipinski definition) is 2. The molecule has 0 spiro atoms. The van der Waals surface area contributed by atoms with Crippen molar-refractivity contribution >= 4 is 11.7 Å². The summed E-state index contributed by atoms with van der Waals surface area (Å²) in [4.78, 5) is 15.9. The van der Waals surface area contributed by atoms with E-state index in [2.05, 4.69) is 15.6 Å². The first kappa shape index (κ1) is 12.0. The van der Waals surface area contributed by atoms with Gasteiger partial charge in [0.1, 0.15) is 5.82 Å². The van der Waals surface area contributed by atoms with E-state index in [-0.39, 0.29) is 5.91 Å². The average Bonchev–Trinajstić information content (AvgIpc) is 2.79. The van der Waals surface area contributed by atoms with Gasteiger partial charge in [0, 0.05) is 18.2 Å². The molecule has 0 aliphatic carbocycles. The highest BCUT2D eigenvalue weighted by atomic mass is 16.1. The lowest BCUT2D eigenvalue weighted by atomic mass is 10.1. The van der Waals surface area contributed by atoms with E-state index in [4.69, 9.17) is 0 Å². The molecule has 17 heavy (non-hydrogen) atoms. The maximum Gasteiger partial charge on any atom is 0.225 e. The van der Waals surface area contributed by atoms with Gasteiger partial charge in [-0.3, -0.25) is 4.79 Å². The average molecular weight is 233 g/mol. The van der Waals surface area contributed by atoms with E-state index in [0.29, 0.717) is 18.3 Å². The van der Waals surface area contributed by atoms with Gasteiger partial charge in [0.15, 0.2) is 0 Å². The zero-order valence-corrected chi connectivity index (χ0v) is 10.2. The highest BCUT2D eigenvalue weighted by Crippen LogP contribution is 2.11. The Kier molecular flexibility index (Phi) is 4.09. The summed E-state index contributed by atoms with van der Waals surface area (Å²) < 4.78 is 0. The van der Waals surface area contributed by atoms with Gasteiger partial charge < -0.3 is 10.6 Å². The molecule has 0 saturated carbocycles. The molecule has 1 saturated heterocycles. The summed E-state index contributed by atoms with van der Waals surface area (Å²) in [5, 5.41) is 6.22. The molecular formula is C13H19N3O. The summed E-state index contributed by atoms with van der Waals surface area (Å²) in [7, 11) is 0. The van der Waals surface area contributed by atoms with Crippen LogP contribution in [0.25, 0.3) is 0 Å². The van der Waals surface area contributed by atoms with Crippen LogP contribution in [-0.2, 0) is 4.79 Å². The molecule has 2 rings (SSSR count). The minimum Gasteiger partial charge on any atom is -0.314 e. The van der Waals surface area contributed by atoms with Crippen LogP contribution in [0.2, 0.25) is 0 Å². The molecule has 1 aliphatic rings. The standard InChI is InChI=1S/C13H19N3O/c1-10-4-2-6-12(15-10)16-13(17)8-7-11-5-3-9-14-11/h2,4,6,11,14H,3,5,7-9H2,1H3,(H,15,16,17). The SMILES string of the molecule is Cc1cccc(NC(=O)CCC2CCCN2)n1. The van der Waals surface area contributed by atoms with Gasteiger partial charge in [-0.2, -0.15) is 0 Å². The third kappa shape index (κ3) is 3.82. The third-order valence-electron chi connectivity index (χ3n) is 3.04. The second-order valence-electron chi connectivity index (χ2n) is 4.54. The summed E-state index contributed by atoms with van der Waals surface area (Å²) in [6.07, 6.45) is 3.90. The number of hydrogen-bond acceptors (Lipinski definition) is 3. The molecule has 4 heteroatoms. The highest BCUT2D eigenvalue weighted by Gasteiger charge is 2.15. The summed E-state index contributed by atoms with van der Waals surface area (Å²) >= 11 is 0. The van der Waals surface area contributed by atoms with E-state index in [1.807, 2.05) is 25.1 Å². The Bertz CT molecular complexity index is 386. The summed E-state index contributed by atoms with van der Waals surface area (Å²) in [6, 6.07) is 6.15. The highest BCUT2D eigenvalue weighted by molar-refractivity contribution is 5.89. The maximum absolute atomic E-state index is 11.7. The Morgan fingerprint density at radius 2 is 2.47 bits per heavy atom. The maximum atomic E-state index is 11.7. The lowest BCUT2D eigenvalue weighted by Crippen LogP contribution is -2.23. The van der Waals surface area contributed by atoms with E-state index in [9.17, 15) is 4.79 Å². The molecule has 0 radical (unpaired) electrons. The number of aromatic nitrogens is 1. The van der Waals surface area contributed by atoms with Crippen molar-refractivity contribution in [3.8, 4) is 0 Å². The topological polar surface area (TPSA) is 54.0 Å². The number of nitrogens with zero attached hydrogens (tertiary/aromatic N) is 1. The number of aryl methyl sites for hydroxylation is 1. The Morgan fingerprint density at radius 1 is 1.59 bits per heavy atom. The number of nitrogens with one attached hydrogen (secondary N) is 2. The Hall–Kier alpha value is -1.42. The van der Waals surface area contributed by atoms with Gasteiger partial charge in [-0.15, -0.1) is 0 Å². The van der Waals surface area contributed by atoms with Gasteiger partial charge >= 0.3 is 0 Å². The molecule has 1 aromatic rings. The Balaban J connectivity index is 1.76. The van der Waals surface area contributed by atoms with E-state index in [1.54, 1.807) is 0 Å². The van der Waals surface area contributed by atoms with E-state index in [1.165, 1.54) is 12.8 Å². The molecule has 1 aromatic heterocycles. The van der Waals surface area contributed by atoms with Crippen LogP contribution in [0.15, 0.2) is 18.2 Å². The first-order chi connectivity index (χ1) is 8.24. The predicted octanol–water partition coefficient (Wildman–Crippen LogP) is 1.86. The molecule has 4 nitrogen and oxygen atoms in total. The first-order valence-corrected chi connectivity index (χ1v) is 6.21. The summed E-state index contributed by atoms with van der Waals surface area (Å²) in [5.41, 5.74) is 0.917. The fraction of sp³-hybridized carbons (Fsp3) is 0.538. The molecule has 0 bridgehead atoms. The molecule has 1 unspecified atom stereocenters. The third-order valence-corrected chi connectivity index (χ3v) is 3.04. The zero-order chi connectivity index (χ0) is 12.1. The van der Waals surface area contributed by atoms with Crippen molar-refractivity contribution in [3.05, 3.63) is 23.9 Å². The smallest absolute Gasteiger partial charge is 0.225 e. The van der Waals surface area contributed by atoms with E-state index >= 15 is 0 Å². The van der Waals surface area contributed by atoms with E-state index < -0.39 is 0 Å². The van der Waals surface area contributed by atoms with Crippen LogP contribution >= 0.6 is 0 Å². The molecular weight excluding hydrogens is 214 g/mol. The number of pyridine rings is 1. The molecule has 1 atom stereocenters. The molecule has 92 valence electrons. The second kappa shape index (κ2) is 5.77. The van der Waals surface area contributed by atoms with Crippen LogP contribution in [0.4, 0.5) is 5.82 Å². The largest absolute Gasteiger partial charge is 0.314 e. The Labute approximate surface area is 102 Å². The van der Waals surface area contributed by atoms with Crippen molar-refractivity contribution < 1.29 is 4.79 Å². The van der Waals surface area contributed by atoms with Gasteiger partial charge in [0.2, 0.25) is 5.91 Å². The summed E-state index contributed by atoms with van der Waals surface area (Å²) in [6.45, 7) is 3.00. The van der Waals surface area contributed by atoms with Crippen LogP contribution in [0, 0.1) is 6.92 Å². The molecule has 0 aromatic carbocycles. The number of anilines is 1. The molecule has 1 fully saturated rings. The van der Waals surface area contributed by atoms with Gasteiger partial charge in [0.05, 0.1) is 0 Å². The van der Waals surface area contributed by atoms with Crippen molar-refractivity contribution in [1.29, 1.82) is 0 Å². The molecule has 2 heterocycles. The quantitative estimate of drug-likeness (QED) is 0.834. The molecule has 2 N–H and O–H groups in total. The van der Waals surface area contributed by atoms with Crippen LogP contribution in [0.1, 0.15) is 31.4 Å². The van der Waals surface area contributed by atoms with Crippen molar-refractivity contribution in [2.75, 3.05) is 11.9 Å². The molecule has 1 amide bonds. The minimum atomic E-state index is 0.0526. The number of amides is 1. The first-order valence-electron chi connectivity index (χ1n) is 6.21. The van der Waals surface area contributed by atoms with Crippen LogP contribution < -0.4 is 10.6 Å². The number of carbonyl (C=O) groups excluding carboxylic acids is 1. The van der Waals surface area contributed by atoms with Gasteiger partial charge in [0.25, 0.3) is 0 Å².